The van der Waals surface area contributed by atoms with E-state index in [4.69, 9.17) is 5.11 Å². The molecular formula is C8H7NO3S. The van der Waals surface area contributed by atoms with Crippen molar-refractivity contribution < 1.29 is 14.7 Å². The second-order valence-corrected chi connectivity index (χ2v) is 2.83. The van der Waals surface area contributed by atoms with Gasteiger partial charge in [-0.05, 0) is 6.08 Å². The monoisotopic (exact) mass is 197 g/mol. The molecule has 0 bridgehead atoms. The number of carbonyl (C=O) groups is 2. The van der Waals surface area contributed by atoms with Crippen LogP contribution in [-0.4, -0.2) is 22.4 Å². The standard InChI is InChI=1S/C8H7NO3S/c10-7(11)4-6-5(8(12)13)2-1-3-9-6/h1-5H,(H,10,11)(H,12,13). The van der Waals surface area contributed by atoms with Crippen LogP contribution in [-0.2, 0) is 9.59 Å². The van der Waals surface area contributed by atoms with Gasteiger partial charge in [0.05, 0.1) is 11.6 Å². The molecule has 0 aromatic carbocycles. The minimum Gasteiger partial charge on any atom is -0.478 e. The Bertz CT molecular complexity index is 330. The van der Waals surface area contributed by atoms with E-state index in [9.17, 15) is 9.59 Å². The van der Waals surface area contributed by atoms with Crippen molar-refractivity contribution in [2.24, 2.45) is 10.9 Å². The second-order valence-electron chi connectivity index (χ2n) is 2.39. The molecule has 0 aromatic rings. The highest BCUT2D eigenvalue weighted by molar-refractivity contribution is 7.96. The summed E-state index contributed by atoms with van der Waals surface area (Å²) < 4.78 is 0. The third-order valence-corrected chi connectivity index (χ3v) is 1.75. The molecular weight excluding hydrogens is 190 g/mol. The summed E-state index contributed by atoms with van der Waals surface area (Å²) in [5, 5.41) is 8.04. The molecule has 0 saturated heterocycles. The van der Waals surface area contributed by atoms with E-state index in [1.807, 2.05) is 0 Å². The molecule has 1 aliphatic heterocycles. The van der Waals surface area contributed by atoms with Gasteiger partial charge in [0, 0.05) is 12.3 Å². The predicted molar refractivity (Wildman–Crippen MR) is 50.8 cm³/mol. The number of aliphatic imine (C=N–C) groups is 1. The molecule has 0 saturated carbocycles. The topological polar surface area (TPSA) is 66.7 Å². The number of carbonyl (C=O) groups excluding carboxylic acids is 1. The number of hydrogen-bond donors (Lipinski definition) is 2. The quantitative estimate of drug-likeness (QED) is 0.505. The van der Waals surface area contributed by atoms with E-state index in [0.717, 1.165) is 6.08 Å². The third kappa shape index (κ3) is 2.55. The van der Waals surface area contributed by atoms with Crippen molar-refractivity contribution in [2.75, 3.05) is 0 Å². The van der Waals surface area contributed by atoms with Crippen molar-refractivity contribution >= 4 is 29.9 Å². The number of thiol groups is 1. The van der Waals surface area contributed by atoms with Crippen molar-refractivity contribution in [2.45, 2.75) is 0 Å². The van der Waals surface area contributed by atoms with Crippen LogP contribution in [0.2, 0.25) is 0 Å². The molecule has 5 heteroatoms. The first-order valence-corrected chi connectivity index (χ1v) is 3.94. The fourth-order valence-electron chi connectivity index (χ4n) is 0.931. The van der Waals surface area contributed by atoms with Gasteiger partial charge in [-0.15, -0.1) is 12.6 Å². The summed E-state index contributed by atoms with van der Waals surface area (Å²) in [4.78, 5) is 25.0. The van der Waals surface area contributed by atoms with E-state index >= 15 is 0 Å². The maximum atomic E-state index is 10.9. The van der Waals surface area contributed by atoms with Crippen LogP contribution in [0, 0.1) is 5.92 Å². The summed E-state index contributed by atoms with van der Waals surface area (Å²) in [6.45, 7) is 0. The predicted octanol–water partition coefficient (Wildman–Crippen LogP) is 0.668. The number of dihydropyridines is 1. The van der Waals surface area contributed by atoms with Gasteiger partial charge in [0.15, 0.2) is 5.12 Å². The molecule has 0 radical (unpaired) electrons. The van der Waals surface area contributed by atoms with Crippen LogP contribution >= 0.6 is 12.6 Å². The van der Waals surface area contributed by atoms with Crippen LogP contribution in [0.5, 0.6) is 0 Å². The van der Waals surface area contributed by atoms with Gasteiger partial charge in [0.25, 0.3) is 0 Å². The summed E-state index contributed by atoms with van der Waals surface area (Å²) >= 11 is 3.62. The fraction of sp³-hybridized carbons (Fsp3) is 0.125. The van der Waals surface area contributed by atoms with Gasteiger partial charge in [-0.1, -0.05) is 6.08 Å². The van der Waals surface area contributed by atoms with Crippen molar-refractivity contribution in [3.8, 4) is 0 Å². The van der Waals surface area contributed by atoms with E-state index < -0.39 is 17.0 Å². The molecule has 13 heavy (non-hydrogen) atoms. The molecule has 1 N–H and O–H groups in total. The molecule has 1 heterocycles. The van der Waals surface area contributed by atoms with Crippen LogP contribution in [0.1, 0.15) is 0 Å². The van der Waals surface area contributed by atoms with Crippen LogP contribution in [0.25, 0.3) is 0 Å². The lowest BCUT2D eigenvalue weighted by Crippen LogP contribution is -2.12. The molecule has 1 aliphatic rings. The lowest BCUT2D eigenvalue weighted by molar-refractivity contribution is -0.131. The fourth-order valence-corrected chi connectivity index (χ4v) is 1.15. The lowest BCUT2D eigenvalue weighted by Gasteiger charge is -2.10. The first kappa shape index (κ1) is 9.73. The van der Waals surface area contributed by atoms with Crippen molar-refractivity contribution in [3.63, 3.8) is 0 Å². The van der Waals surface area contributed by atoms with E-state index in [1.54, 1.807) is 12.2 Å². The first-order chi connectivity index (χ1) is 6.11. The van der Waals surface area contributed by atoms with Crippen LogP contribution in [0.3, 0.4) is 0 Å². The average molecular weight is 197 g/mol. The van der Waals surface area contributed by atoms with Gasteiger partial charge in [-0.2, -0.15) is 0 Å². The largest absolute Gasteiger partial charge is 0.478 e. The third-order valence-electron chi connectivity index (χ3n) is 1.47. The molecule has 1 atom stereocenters. The van der Waals surface area contributed by atoms with Gasteiger partial charge < -0.3 is 5.11 Å². The van der Waals surface area contributed by atoms with Gasteiger partial charge in [-0.3, -0.25) is 9.79 Å². The highest BCUT2D eigenvalue weighted by Gasteiger charge is 2.19. The van der Waals surface area contributed by atoms with Crippen LogP contribution < -0.4 is 0 Å². The SMILES string of the molecule is O=C(O)C=C1N=CC=CC1C(=O)S. The minimum absolute atomic E-state index is 0.204. The number of aliphatic carboxylic acids is 1. The normalized spacial score (nSPS) is 23.5. The Kier molecular flexibility index (Phi) is 3.02. The van der Waals surface area contributed by atoms with E-state index in [1.165, 1.54) is 6.21 Å². The molecule has 4 nitrogen and oxygen atoms in total. The summed E-state index contributed by atoms with van der Waals surface area (Å²) in [7, 11) is 0. The van der Waals surface area contributed by atoms with Crippen LogP contribution in [0.15, 0.2) is 28.9 Å². The minimum atomic E-state index is -1.12. The smallest absolute Gasteiger partial charge is 0.330 e. The Morgan fingerprint density at radius 1 is 1.62 bits per heavy atom. The Hall–Kier alpha value is -1.36. The lowest BCUT2D eigenvalue weighted by atomic mass is 10.0. The van der Waals surface area contributed by atoms with Gasteiger partial charge in [0.2, 0.25) is 0 Å². The Labute approximate surface area is 80.1 Å². The zero-order valence-corrected chi connectivity index (χ0v) is 7.44. The maximum Gasteiger partial charge on any atom is 0.330 e. The van der Waals surface area contributed by atoms with Gasteiger partial charge in [0.1, 0.15) is 0 Å². The molecule has 0 fully saturated rings. The molecule has 0 aromatic heterocycles. The summed E-state index contributed by atoms with van der Waals surface area (Å²) in [5.74, 6) is -1.77. The maximum absolute atomic E-state index is 10.9. The number of carboxylic acids is 1. The number of hydrogen-bond acceptors (Lipinski definition) is 3. The number of nitrogens with zero attached hydrogens (tertiary/aromatic N) is 1. The Morgan fingerprint density at radius 3 is 2.85 bits per heavy atom. The molecule has 1 rings (SSSR count). The average Bonchev–Trinajstić information content (AvgIpc) is 2.03. The summed E-state index contributed by atoms with van der Waals surface area (Å²) in [5.41, 5.74) is 0.204. The number of rotatable bonds is 2. The first-order valence-electron chi connectivity index (χ1n) is 3.49. The highest BCUT2D eigenvalue weighted by Crippen LogP contribution is 2.19. The summed E-state index contributed by atoms with van der Waals surface area (Å²) in [6.07, 6.45) is 5.47. The molecule has 68 valence electrons. The van der Waals surface area contributed by atoms with E-state index in [2.05, 4.69) is 17.6 Å². The highest BCUT2D eigenvalue weighted by atomic mass is 32.1. The second kappa shape index (κ2) is 4.04. The van der Waals surface area contributed by atoms with Crippen molar-refractivity contribution in [3.05, 3.63) is 23.9 Å². The summed E-state index contributed by atoms with van der Waals surface area (Å²) in [6, 6.07) is 0. The molecule has 0 amide bonds. The number of allylic oxidation sites excluding steroid dienone is 2. The zero-order valence-electron chi connectivity index (χ0n) is 6.54. The van der Waals surface area contributed by atoms with Crippen molar-refractivity contribution in [1.29, 1.82) is 0 Å². The Morgan fingerprint density at radius 2 is 2.31 bits per heavy atom. The zero-order chi connectivity index (χ0) is 9.84. The Balaban J connectivity index is 2.95. The van der Waals surface area contributed by atoms with E-state index in [0.29, 0.717) is 0 Å². The molecule has 0 aliphatic carbocycles. The van der Waals surface area contributed by atoms with E-state index in [-0.39, 0.29) is 5.70 Å². The van der Waals surface area contributed by atoms with Crippen molar-refractivity contribution in [1.82, 2.24) is 0 Å². The van der Waals surface area contributed by atoms with Gasteiger partial charge >= 0.3 is 5.97 Å². The molecule has 0 spiro atoms. The van der Waals surface area contributed by atoms with Crippen LogP contribution in [0.4, 0.5) is 0 Å². The van der Waals surface area contributed by atoms with Gasteiger partial charge in [-0.25, -0.2) is 4.79 Å². The molecule has 1 unspecified atom stereocenters. The number of carboxylic acid groups (broad SMARTS) is 1.